The van der Waals surface area contributed by atoms with Crippen LogP contribution in [0, 0.1) is 5.92 Å². The largest absolute Gasteiger partial charge is 0.389 e. The molecule has 0 amide bonds. The van der Waals surface area contributed by atoms with Gasteiger partial charge in [-0.1, -0.05) is 12.8 Å². The van der Waals surface area contributed by atoms with Crippen LogP contribution >= 0.6 is 0 Å². The Kier molecular flexibility index (Phi) is 5.35. The minimum absolute atomic E-state index is 0.356. The second-order valence-corrected chi connectivity index (χ2v) is 3.90. The molecule has 1 rings (SSSR count). The topological polar surface area (TPSA) is 41.5 Å². The average molecular weight is 187 g/mol. The maximum Gasteiger partial charge on any atom is 0.0897 e. The third-order valence-corrected chi connectivity index (χ3v) is 2.40. The van der Waals surface area contributed by atoms with Gasteiger partial charge in [0.25, 0.3) is 0 Å². The van der Waals surface area contributed by atoms with E-state index in [-0.39, 0.29) is 6.10 Å². The van der Waals surface area contributed by atoms with Crippen molar-refractivity contribution in [3.8, 4) is 0 Å². The second-order valence-electron chi connectivity index (χ2n) is 3.90. The number of hydrogen-bond donors (Lipinski definition) is 2. The molecule has 78 valence electrons. The first-order valence-corrected chi connectivity index (χ1v) is 5.20. The van der Waals surface area contributed by atoms with E-state index in [1.807, 2.05) is 0 Å². The lowest BCUT2D eigenvalue weighted by Crippen LogP contribution is -2.30. The van der Waals surface area contributed by atoms with E-state index in [1.165, 1.54) is 25.7 Å². The molecule has 2 N–H and O–H groups in total. The highest BCUT2D eigenvalue weighted by molar-refractivity contribution is 4.73. The van der Waals surface area contributed by atoms with Crippen LogP contribution < -0.4 is 5.32 Å². The molecule has 0 heterocycles. The highest BCUT2D eigenvalue weighted by Crippen LogP contribution is 2.33. The quantitative estimate of drug-likeness (QED) is 0.552. The molecule has 1 saturated carbocycles. The normalized spacial score (nSPS) is 18.9. The van der Waals surface area contributed by atoms with Gasteiger partial charge in [0.05, 0.1) is 12.7 Å². The van der Waals surface area contributed by atoms with Crippen molar-refractivity contribution in [3.05, 3.63) is 0 Å². The van der Waals surface area contributed by atoms with Crippen molar-refractivity contribution in [3.63, 3.8) is 0 Å². The molecule has 1 aliphatic rings. The number of aliphatic hydroxyl groups excluding tert-OH is 1. The van der Waals surface area contributed by atoms with Gasteiger partial charge in [-0.05, 0) is 25.3 Å². The molecular formula is C10H21NO2. The smallest absolute Gasteiger partial charge is 0.0897 e. The summed E-state index contributed by atoms with van der Waals surface area (Å²) in [6, 6.07) is 0. The van der Waals surface area contributed by atoms with E-state index in [2.05, 4.69) is 5.32 Å². The molecular weight excluding hydrogens is 166 g/mol. The van der Waals surface area contributed by atoms with Crippen LogP contribution in [-0.4, -0.2) is 38.0 Å². The Bertz CT molecular complexity index is 126. The van der Waals surface area contributed by atoms with Crippen molar-refractivity contribution in [2.24, 2.45) is 5.92 Å². The maximum atomic E-state index is 9.28. The lowest BCUT2D eigenvalue weighted by atomic mass is 10.2. The highest BCUT2D eigenvalue weighted by Gasteiger charge is 2.19. The van der Waals surface area contributed by atoms with Crippen molar-refractivity contribution in [1.82, 2.24) is 5.32 Å². The van der Waals surface area contributed by atoms with Gasteiger partial charge in [0.15, 0.2) is 0 Å². The van der Waals surface area contributed by atoms with Gasteiger partial charge in [-0.2, -0.15) is 0 Å². The van der Waals surface area contributed by atoms with Crippen LogP contribution in [0.1, 0.15) is 25.7 Å². The average Bonchev–Trinajstić information content (AvgIpc) is 2.88. The SMILES string of the molecule is COCC(O)CNCCCC1CC1. The fourth-order valence-electron chi connectivity index (χ4n) is 1.44. The lowest BCUT2D eigenvalue weighted by Gasteiger charge is -2.10. The Morgan fingerprint density at radius 1 is 1.54 bits per heavy atom. The van der Waals surface area contributed by atoms with Crippen molar-refractivity contribution in [2.45, 2.75) is 31.8 Å². The number of rotatable bonds is 8. The third-order valence-electron chi connectivity index (χ3n) is 2.40. The van der Waals surface area contributed by atoms with E-state index in [9.17, 15) is 5.11 Å². The van der Waals surface area contributed by atoms with Crippen LogP contribution in [0.4, 0.5) is 0 Å². The summed E-state index contributed by atoms with van der Waals surface area (Å²) < 4.78 is 4.82. The Morgan fingerprint density at radius 2 is 2.31 bits per heavy atom. The van der Waals surface area contributed by atoms with E-state index in [4.69, 9.17) is 4.74 Å². The molecule has 0 radical (unpaired) electrons. The van der Waals surface area contributed by atoms with Gasteiger partial charge in [-0.15, -0.1) is 0 Å². The van der Waals surface area contributed by atoms with E-state index in [0.717, 1.165) is 12.5 Å². The molecule has 0 spiro atoms. The first-order valence-electron chi connectivity index (χ1n) is 5.20. The first-order chi connectivity index (χ1) is 6.33. The number of nitrogens with one attached hydrogen (secondary N) is 1. The summed E-state index contributed by atoms with van der Waals surface area (Å²) in [5, 5.41) is 12.5. The van der Waals surface area contributed by atoms with E-state index in [0.29, 0.717) is 13.2 Å². The maximum absolute atomic E-state index is 9.28. The molecule has 3 nitrogen and oxygen atoms in total. The van der Waals surface area contributed by atoms with Gasteiger partial charge in [0.1, 0.15) is 0 Å². The molecule has 0 aliphatic heterocycles. The lowest BCUT2D eigenvalue weighted by molar-refractivity contribution is 0.0646. The molecule has 0 aromatic heterocycles. The molecule has 0 saturated heterocycles. The fourth-order valence-corrected chi connectivity index (χ4v) is 1.44. The molecule has 1 aliphatic carbocycles. The van der Waals surface area contributed by atoms with E-state index in [1.54, 1.807) is 7.11 Å². The summed E-state index contributed by atoms with van der Waals surface area (Å²) in [5.41, 5.74) is 0. The minimum Gasteiger partial charge on any atom is -0.389 e. The molecule has 0 bridgehead atoms. The molecule has 1 atom stereocenters. The van der Waals surface area contributed by atoms with Gasteiger partial charge >= 0.3 is 0 Å². The van der Waals surface area contributed by atoms with Gasteiger partial charge < -0.3 is 15.2 Å². The van der Waals surface area contributed by atoms with Crippen LogP contribution in [0.15, 0.2) is 0 Å². The van der Waals surface area contributed by atoms with Crippen molar-refractivity contribution in [2.75, 3.05) is 26.8 Å². The summed E-state index contributed by atoms with van der Waals surface area (Å²) in [6.07, 6.45) is 5.11. The Balaban J connectivity index is 1.76. The Hall–Kier alpha value is -0.120. The standard InChI is InChI=1S/C10H21NO2/c1-13-8-10(12)7-11-6-2-3-9-4-5-9/h9-12H,2-8H2,1H3. The van der Waals surface area contributed by atoms with Gasteiger partial charge in [-0.3, -0.25) is 0 Å². The first kappa shape index (κ1) is 11.0. The zero-order chi connectivity index (χ0) is 9.52. The number of aliphatic hydroxyl groups is 1. The monoisotopic (exact) mass is 187 g/mol. The molecule has 13 heavy (non-hydrogen) atoms. The highest BCUT2D eigenvalue weighted by atomic mass is 16.5. The summed E-state index contributed by atoms with van der Waals surface area (Å²) >= 11 is 0. The third kappa shape index (κ3) is 6.02. The minimum atomic E-state index is -0.356. The van der Waals surface area contributed by atoms with Gasteiger partial charge in [0.2, 0.25) is 0 Å². The molecule has 1 fully saturated rings. The molecule has 0 aromatic carbocycles. The van der Waals surface area contributed by atoms with Gasteiger partial charge in [-0.25, -0.2) is 0 Å². The van der Waals surface area contributed by atoms with Crippen LogP contribution in [0.25, 0.3) is 0 Å². The number of hydrogen-bond acceptors (Lipinski definition) is 3. The summed E-state index contributed by atoms with van der Waals surface area (Å²) in [5.74, 6) is 1.02. The van der Waals surface area contributed by atoms with Crippen LogP contribution in [-0.2, 0) is 4.74 Å². The predicted octanol–water partition coefficient (Wildman–Crippen LogP) is 0.773. The Morgan fingerprint density at radius 3 is 2.92 bits per heavy atom. The molecule has 3 heteroatoms. The zero-order valence-electron chi connectivity index (χ0n) is 8.46. The van der Waals surface area contributed by atoms with E-state index < -0.39 is 0 Å². The zero-order valence-corrected chi connectivity index (χ0v) is 8.46. The summed E-state index contributed by atoms with van der Waals surface area (Å²) in [6.45, 7) is 2.10. The van der Waals surface area contributed by atoms with Crippen molar-refractivity contribution >= 4 is 0 Å². The second kappa shape index (κ2) is 6.35. The van der Waals surface area contributed by atoms with Crippen molar-refractivity contribution < 1.29 is 9.84 Å². The van der Waals surface area contributed by atoms with Crippen molar-refractivity contribution in [1.29, 1.82) is 0 Å². The van der Waals surface area contributed by atoms with E-state index >= 15 is 0 Å². The van der Waals surface area contributed by atoms with Crippen LogP contribution in [0.3, 0.4) is 0 Å². The van der Waals surface area contributed by atoms with Crippen LogP contribution in [0.5, 0.6) is 0 Å². The number of ether oxygens (including phenoxy) is 1. The van der Waals surface area contributed by atoms with Gasteiger partial charge in [0, 0.05) is 13.7 Å². The van der Waals surface area contributed by atoms with Crippen LogP contribution in [0.2, 0.25) is 0 Å². The number of methoxy groups -OCH3 is 1. The molecule has 1 unspecified atom stereocenters. The predicted molar refractivity (Wildman–Crippen MR) is 52.7 cm³/mol. The Labute approximate surface area is 80.5 Å². The summed E-state index contributed by atoms with van der Waals surface area (Å²) in [4.78, 5) is 0. The summed E-state index contributed by atoms with van der Waals surface area (Å²) in [7, 11) is 1.61. The fraction of sp³-hybridized carbons (Fsp3) is 1.00. The molecule has 0 aromatic rings.